The third-order valence-corrected chi connectivity index (χ3v) is 4.23. The molecule has 1 N–H and O–H groups in total. The standard InChI is InChI=1S/C10H19INO3/c1-6(2)8(12-10(14)15-5)9(13)11-7(3)4/h6-8H,1-5H3,(H,12,14)/q-1. The molecule has 0 spiro atoms. The van der Waals surface area contributed by atoms with E-state index >= 15 is 0 Å². The van der Waals surface area contributed by atoms with E-state index in [1.54, 1.807) is 0 Å². The van der Waals surface area contributed by atoms with E-state index in [0.717, 1.165) is 0 Å². The number of hydrogen-bond donors (Lipinski definition) is 1. The van der Waals surface area contributed by atoms with E-state index in [-0.39, 0.29) is 9.71 Å². The van der Waals surface area contributed by atoms with Crippen molar-refractivity contribution in [1.29, 1.82) is 0 Å². The van der Waals surface area contributed by atoms with Gasteiger partial charge >= 0.3 is 101 Å². The third kappa shape index (κ3) is 5.96. The number of hydrogen-bond acceptors (Lipinski definition) is 3. The summed E-state index contributed by atoms with van der Waals surface area (Å²) in [6.45, 7) is 7.90. The monoisotopic (exact) mass is 328 g/mol. The van der Waals surface area contributed by atoms with Crippen LogP contribution in [0.2, 0.25) is 0 Å². The molecule has 15 heavy (non-hydrogen) atoms. The van der Waals surface area contributed by atoms with Gasteiger partial charge in [0.15, 0.2) is 0 Å². The number of carbonyl (C=O) groups is 2. The summed E-state index contributed by atoms with van der Waals surface area (Å²) < 4.78 is 5.08. The van der Waals surface area contributed by atoms with Gasteiger partial charge in [0.2, 0.25) is 0 Å². The molecule has 5 heteroatoms. The Kier molecular flexibility index (Phi) is 6.87. The predicted octanol–water partition coefficient (Wildman–Crippen LogP) is -1.61. The number of halogens is 1. The van der Waals surface area contributed by atoms with Crippen molar-refractivity contribution in [2.75, 3.05) is 7.11 Å². The molecule has 0 bridgehead atoms. The van der Waals surface area contributed by atoms with Gasteiger partial charge in [-0.2, -0.15) is 0 Å². The average molecular weight is 328 g/mol. The Morgan fingerprint density at radius 3 is 2.07 bits per heavy atom. The van der Waals surface area contributed by atoms with Crippen molar-refractivity contribution >= 4 is 9.88 Å². The molecule has 0 rings (SSSR count). The Bertz CT molecular complexity index is 229. The summed E-state index contributed by atoms with van der Waals surface area (Å²) >= 11 is -0.518. The quantitative estimate of drug-likeness (QED) is 0.375. The molecule has 0 aromatic rings. The molecule has 0 aliphatic heterocycles. The van der Waals surface area contributed by atoms with Gasteiger partial charge in [-0.05, 0) is 0 Å². The molecule has 0 heterocycles. The van der Waals surface area contributed by atoms with Gasteiger partial charge in [-0.15, -0.1) is 0 Å². The van der Waals surface area contributed by atoms with Crippen molar-refractivity contribution in [2.45, 2.75) is 37.7 Å². The number of alkyl carbamates (subject to hydrolysis) is 1. The van der Waals surface area contributed by atoms with Crippen LogP contribution in [0.3, 0.4) is 0 Å². The van der Waals surface area contributed by atoms with Crippen molar-refractivity contribution in [1.82, 2.24) is 5.32 Å². The van der Waals surface area contributed by atoms with Gasteiger partial charge in [-0.25, -0.2) is 0 Å². The molecule has 0 aliphatic carbocycles. The van der Waals surface area contributed by atoms with Crippen LogP contribution in [0.15, 0.2) is 0 Å². The molecule has 0 aromatic carbocycles. The number of carbonyl (C=O) groups excluding carboxylic acids is 2. The zero-order valence-electron chi connectivity index (χ0n) is 9.83. The zero-order valence-corrected chi connectivity index (χ0v) is 12.0. The van der Waals surface area contributed by atoms with E-state index < -0.39 is 33.3 Å². The number of amides is 1. The molecule has 0 fully saturated rings. The Hall–Kier alpha value is -0.330. The molecule has 90 valence electrons. The van der Waals surface area contributed by atoms with Crippen LogP contribution in [0.4, 0.5) is 4.79 Å². The van der Waals surface area contributed by atoms with Crippen LogP contribution in [0.25, 0.3) is 0 Å². The molecule has 1 unspecified atom stereocenters. The number of methoxy groups -OCH3 is 1. The molecule has 0 aromatic heterocycles. The summed E-state index contributed by atoms with van der Waals surface area (Å²) in [7, 11) is 1.30. The Morgan fingerprint density at radius 2 is 1.73 bits per heavy atom. The molecular weight excluding hydrogens is 309 g/mol. The number of ether oxygens (including phenoxy) is 1. The van der Waals surface area contributed by atoms with Crippen LogP contribution in [0.5, 0.6) is 0 Å². The van der Waals surface area contributed by atoms with Crippen molar-refractivity contribution in [2.24, 2.45) is 5.92 Å². The Morgan fingerprint density at radius 1 is 1.20 bits per heavy atom. The summed E-state index contributed by atoms with van der Waals surface area (Å²) in [5.41, 5.74) is 0. The van der Waals surface area contributed by atoms with E-state index in [1.165, 1.54) is 7.11 Å². The van der Waals surface area contributed by atoms with Gasteiger partial charge in [0, 0.05) is 0 Å². The third-order valence-electron chi connectivity index (χ3n) is 1.70. The molecule has 4 nitrogen and oxygen atoms in total. The van der Waals surface area contributed by atoms with Gasteiger partial charge < -0.3 is 0 Å². The van der Waals surface area contributed by atoms with Crippen LogP contribution in [-0.2, 0) is 9.53 Å². The summed E-state index contributed by atoms with van der Waals surface area (Å²) in [5, 5.41) is 2.59. The van der Waals surface area contributed by atoms with Crippen molar-refractivity contribution in [3.63, 3.8) is 0 Å². The van der Waals surface area contributed by atoms with Gasteiger partial charge in [-0.3, -0.25) is 0 Å². The first-order chi connectivity index (χ1) is 6.88. The van der Waals surface area contributed by atoms with E-state index in [2.05, 4.69) is 10.1 Å². The molecular formula is C10H19INO3-. The van der Waals surface area contributed by atoms with Crippen LogP contribution in [0.1, 0.15) is 27.7 Å². The van der Waals surface area contributed by atoms with E-state index in [0.29, 0.717) is 3.92 Å². The second kappa shape index (κ2) is 7.03. The summed E-state index contributed by atoms with van der Waals surface area (Å²) in [4.78, 5) is 22.9. The van der Waals surface area contributed by atoms with E-state index in [4.69, 9.17) is 0 Å². The van der Waals surface area contributed by atoms with Gasteiger partial charge in [-0.1, -0.05) is 0 Å². The first-order valence-electron chi connectivity index (χ1n) is 4.90. The fourth-order valence-electron chi connectivity index (χ4n) is 0.954. The zero-order chi connectivity index (χ0) is 12.0. The van der Waals surface area contributed by atoms with Crippen molar-refractivity contribution in [3.05, 3.63) is 0 Å². The predicted molar refractivity (Wildman–Crippen MR) is 54.3 cm³/mol. The topological polar surface area (TPSA) is 55.4 Å². The minimum atomic E-state index is -0.533. The Balaban J connectivity index is 4.39. The summed E-state index contributed by atoms with van der Waals surface area (Å²) in [6, 6.07) is -0.396. The first kappa shape index (κ1) is 14.7. The van der Waals surface area contributed by atoms with Crippen LogP contribution >= 0.6 is 0 Å². The van der Waals surface area contributed by atoms with Crippen molar-refractivity contribution in [3.8, 4) is 0 Å². The second-order valence-electron chi connectivity index (χ2n) is 3.78. The van der Waals surface area contributed by atoms with Crippen LogP contribution < -0.4 is 26.5 Å². The van der Waals surface area contributed by atoms with E-state index in [9.17, 15) is 9.59 Å². The fraction of sp³-hybridized carbons (Fsp3) is 0.800. The SMILES string of the molecule is COC(=O)NC(C(=O)[I-]C(C)C)C(C)C. The second-order valence-corrected chi connectivity index (χ2v) is 7.96. The Labute approximate surface area is 101 Å². The van der Waals surface area contributed by atoms with Crippen molar-refractivity contribution < 1.29 is 35.5 Å². The van der Waals surface area contributed by atoms with Crippen LogP contribution in [0, 0.1) is 5.92 Å². The number of nitrogens with one attached hydrogen (secondary N) is 1. The molecule has 1 atom stereocenters. The maximum atomic E-state index is 11.8. The molecule has 0 aliphatic rings. The molecule has 0 radical (unpaired) electrons. The van der Waals surface area contributed by atoms with E-state index in [1.807, 2.05) is 27.7 Å². The number of rotatable bonds is 5. The first-order valence-corrected chi connectivity index (χ1v) is 7.22. The average Bonchev–Trinajstić information content (AvgIpc) is 2.11. The number of alkyl halides is 1. The molecule has 0 saturated heterocycles. The van der Waals surface area contributed by atoms with Gasteiger partial charge in [0.05, 0.1) is 0 Å². The summed E-state index contributed by atoms with van der Waals surface area (Å²) in [5.74, 6) is 0.107. The minimum absolute atomic E-state index is 0.107. The van der Waals surface area contributed by atoms with Gasteiger partial charge in [0.1, 0.15) is 0 Å². The molecule has 0 saturated carbocycles. The van der Waals surface area contributed by atoms with Crippen LogP contribution in [-0.4, -0.2) is 27.0 Å². The fourth-order valence-corrected chi connectivity index (χ4v) is 3.44. The summed E-state index contributed by atoms with van der Waals surface area (Å²) in [6.07, 6.45) is -0.533. The maximum absolute atomic E-state index is 11.8. The molecule has 1 amide bonds. The van der Waals surface area contributed by atoms with Gasteiger partial charge in [0.25, 0.3) is 0 Å². The normalized spacial score (nSPS) is 13.0.